The fourth-order valence-electron chi connectivity index (χ4n) is 1.62. The van der Waals surface area contributed by atoms with Gasteiger partial charge >= 0.3 is 5.97 Å². The third kappa shape index (κ3) is 1.54. The highest BCUT2D eigenvalue weighted by Gasteiger charge is 2.34. The molecule has 0 N–H and O–H groups in total. The third-order valence-corrected chi connectivity index (χ3v) is 2.31. The van der Waals surface area contributed by atoms with Crippen molar-refractivity contribution in [2.45, 2.75) is 24.9 Å². The Morgan fingerprint density at radius 2 is 1.92 bits per heavy atom. The van der Waals surface area contributed by atoms with Crippen LogP contribution in [0.1, 0.15) is 19.3 Å². The second-order valence-electron chi connectivity index (χ2n) is 3.35. The van der Waals surface area contributed by atoms with Crippen LogP contribution < -0.4 is 0 Å². The van der Waals surface area contributed by atoms with E-state index in [1.807, 2.05) is 0 Å². The molecule has 0 saturated carbocycles. The quantitative estimate of drug-likeness (QED) is 0.522. The molecule has 0 radical (unpaired) electrons. The number of hydrogen-bond donors (Lipinski definition) is 0. The molecule has 1 aliphatic heterocycles. The number of rotatable bonds is 0. The van der Waals surface area contributed by atoms with Crippen LogP contribution in [0, 0.1) is 0 Å². The predicted molar refractivity (Wildman–Crippen MR) is 46.0 cm³/mol. The number of ketones is 1. The van der Waals surface area contributed by atoms with Crippen LogP contribution in [0.15, 0.2) is 24.3 Å². The minimum absolute atomic E-state index is 0.0488. The zero-order valence-electron chi connectivity index (χ0n) is 7.16. The van der Waals surface area contributed by atoms with Crippen molar-refractivity contribution in [3.05, 3.63) is 24.3 Å². The van der Waals surface area contributed by atoms with Gasteiger partial charge in [0.1, 0.15) is 5.60 Å². The van der Waals surface area contributed by atoms with E-state index in [9.17, 15) is 9.59 Å². The molecule has 0 unspecified atom stereocenters. The molecule has 68 valence electrons. The van der Waals surface area contributed by atoms with Gasteiger partial charge in [-0.2, -0.15) is 0 Å². The standard InChI is InChI=1S/C10H10O3/c11-8-3-6-10(7-4-8)5-1-2-9(12)13-10/h3-4,6-7H,1-2,5H2. The maximum Gasteiger partial charge on any atom is 0.306 e. The zero-order chi connectivity index (χ0) is 9.31. The highest BCUT2D eigenvalue weighted by atomic mass is 16.6. The molecular weight excluding hydrogens is 168 g/mol. The van der Waals surface area contributed by atoms with Crippen LogP contribution in [0.5, 0.6) is 0 Å². The molecule has 0 aromatic carbocycles. The first-order chi connectivity index (χ1) is 6.20. The Bertz CT molecular complexity index is 296. The Morgan fingerprint density at radius 3 is 2.54 bits per heavy atom. The van der Waals surface area contributed by atoms with Crippen molar-refractivity contribution in [1.29, 1.82) is 0 Å². The van der Waals surface area contributed by atoms with Crippen molar-refractivity contribution >= 4 is 11.8 Å². The molecule has 0 atom stereocenters. The van der Waals surface area contributed by atoms with Crippen molar-refractivity contribution in [3.8, 4) is 0 Å². The molecule has 3 heteroatoms. The summed E-state index contributed by atoms with van der Waals surface area (Å²) in [5.74, 6) is -0.234. The topological polar surface area (TPSA) is 43.4 Å². The first-order valence-corrected chi connectivity index (χ1v) is 4.34. The summed E-state index contributed by atoms with van der Waals surface area (Å²) in [4.78, 5) is 21.9. The van der Waals surface area contributed by atoms with E-state index in [0.29, 0.717) is 6.42 Å². The van der Waals surface area contributed by atoms with E-state index in [1.54, 1.807) is 12.2 Å². The Morgan fingerprint density at radius 1 is 1.23 bits per heavy atom. The summed E-state index contributed by atoms with van der Waals surface area (Å²) in [5, 5.41) is 0. The van der Waals surface area contributed by atoms with Crippen LogP contribution in [0.3, 0.4) is 0 Å². The minimum atomic E-state index is -0.622. The minimum Gasteiger partial charge on any atom is -0.450 e. The monoisotopic (exact) mass is 178 g/mol. The fourth-order valence-corrected chi connectivity index (χ4v) is 1.62. The van der Waals surface area contributed by atoms with Crippen LogP contribution in [-0.4, -0.2) is 17.4 Å². The summed E-state index contributed by atoms with van der Waals surface area (Å²) in [6.45, 7) is 0. The maximum absolute atomic E-state index is 11.0. The van der Waals surface area contributed by atoms with Crippen LogP contribution >= 0.6 is 0 Å². The Kier molecular flexibility index (Phi) is 1.79. The number of allylic oxidation sites excluding steroid dienone is 2. The van der Waals surface area contributed by atoms with E-state index in [-0.39, 0.29) is 11.8 Å². The van der Waals surface area contributed by atoms with Gasteiger partial charge in [-0.1, -0.05) is 0 Å². The van der Waals surface area contributed by atoms with Gasteiger partial charge < -0.3 is 4.74 Å². The lowest BCUT2D eigenvalue weighted by atomic mass is 9.89. The van der Waals surface area contributed by atoms with E-state index in [1.165, 1.54) is 12.2 Å². The normalized spacial score (nSPS) is 24.9. The molecule has 2 rings (SSSR count). The lowest BCUT2D eigenvalue weighted by Gasteiger charge is -2.32. The molecule has 1 saturated heterocycles. The molecule has 0 amide bonds. The van der Waals surface area contributed by atoms with Gasteiger partial charge in [-0.15, -0.1) is 0 Å². The Balaban J connectivity index is 2.21. The summed E-state index contributed by atoms with van der Waals surface area (Å²) in [7, 11) is 0. The Hall–Kier alpha value is -1.38. The van der Waals surface area contributed by atoms with Gasteiger partial charge in [0, 0.05) is 6.42 Å². The van der Waals surface area contributed by atoms with Crippen LogP contribution in [0.4, 0.5) is 0 Å². The van der Waals surface area contributed by atoms with Crippen molar-refractivity contribution in [1.82, 2.24) is 0 Å². The van der Waals surface area contributed by atoms with E-state index in [4.69, 9.17) is 4.74 Å². The molecule has 1 aliphatic carbocycles. The number of ether oxygens (including phenoxy) is 1. The molecule has 3 nitrogen and oxygen atoms in total. The van der Waals surface area contributed by atoms with Crippen molar-refractivity contribution < 1.29 is 14.3 Å². The van der Waals surface area contributed by atoms with Crippen molar-refractivity contribution in [2.24, 2.45) is 0 Å². The summed E-state index contributed by atoms with van der Waals surface area (Å²) >= 11 is 0. The van der Waals surface area contributed by atoms with Crippen molar-refractivity contribution in [3.63, 3.8) is 0 Å². The highest BCUT2D eigenvalue weighted by molar-refractivity contribution is 6.00. The van der Waals surface area contributed by atoms with Crippen molar-refractivity contribution in [2.75, 3.05) is 0 Å². The predicted octanol–water partition coefficient (Wildman–Crippen LogP) is 1.15. The SMILES string of the molecule is O=C1C=CC2(C=C1)CCCC(=O)O2. The average molecular weight is 178 g/mol. The molecule has 0 aromatic heterocycles. The van der Waals surface area contributed by atoms with Gasteiger partial charge in [0.15, 0.2) is 5.78 Å². The van der Waals surface area contributed by atoms with E-state index in [2.05, 4.69) is 0 Å². The summed E-state index contributed by atoms with van der Waals surface area (Å²) in [5.41, 5.74) is -0.622. The van der Waals surface area contributed by atoms with Gasteiger partial charge in [0.2, 0.25) is 0 Å². The van der Waals surface area contributed by atoms with Gasteiger partial charge in [-0.3, -0.25) is 9.59 Å². The molecule has 2 aliphatic rings. The van der Waals surface area contributed by atoms with Gasteiger partial charge in [0.05, 0.1) is 0 Å². The second kappa shape index (κ2) is 2.83. The summed E-state index contributed by atoms with van der Waals surface area (Å²) in [6, 6.07) is 0. The molecular formula is C10H10O3. The first kappa shape index (κ1) is 8.23. The van der Waals surface area contributed by atoms with E-state index in [0.717, 1.165) is 12.8 Å². The second-order valence-corrected chi connectivity index (χ2v) is 3.35. The molecule has 13 heavy (non-hydrogen) atoms. The maximum atomic E-state index is 11.0. The molecule has 1 fully saturated rings. The summed E-state index contributed by atoms with van der Waals surface area (Å²) in [6.07, 6.45) is 8.34. The number of carbonyl (C=O) groups is 2. The average Bonchev–Trinajstić information content (AvgIpc) is 2.11. The van der Waals surface area contributed by atoms with E-state index >= 15 is 0 Å². The van der Waals surface area contributed by atoms with Crippen LogP contribution in [0.25, 0.3) is 0 Å². The molecule has 1 spiro atoms. The summed E-state index contributed by atoms with van der Waals surface area (Å²) < 4.78 is 5.20. The van der Waals surface area contributed by atoms with Gasteiger partial charge in [0.25, 0.3) is 0 Å². The highest BCUT2D eigenvalue weighted by Crippen LogP contribution is 2.30. The zero-order valence-corrected chi connectivity index (χ0v) is 7.16. The molecule has 0 aromatic rings. The molecule has 0 bridgehead atoms. The third-order valence-electron chi connectivity index (χ3n) is 2.31. The lowest BCUT2D eigenvalue weighted by molar-refractivity contribution is -0.157. The largest absolute Gasteiger partial charge is 0.450 e. The number of esters is 1. The van der Waals surface area contributed by atoms with Crippen LogP contribution in [-0.2, 0) is 14.3 Å². The number of carbonyl (C=O) groups excluding carboxylic acids is 2. The Labute approximate surface area is 76.1 Å². The van der Waals surface area contributed by atoms with E-state index < -0.39 is 5.60 Å². The lowest BCUT2D eigenvalue weighted by Crippen LogP contribution is -2.36. The number of hydrogen-bond acceptors (Lipinski definition) is 3. The van der Waals surface area contributed by atoms with Crippen LogP contribution in [0.2, 0.25) is 0 Å². The molecule has 1 heterocycles. The van der Waals surface area contributed by atoms with Gasteiger partial charge in [-0.25, -0.2) is 0 Å². The first-order valence-electron chi connectivity index (χ1n) is 4.34. The fraction of sp³-hybridized carbons (Fsp3) is 0.400. The smallest absolute Gasteiger partial charge is 0.306 e. The van der Waals surface area contributed by atoms with Gasteiger partial charge in [-0.05, 0) is 37.1 Å².